The quantitative estimate of drug-likeness (QED) is 0.781. The van der Waals surface area contributed by atoms with E-state index in [9.17, 15) is 4.79 Å². The Morgan fingerprint density at radius 3 is 2.55 bits per heavy atom. The van der Waals surface area contributed by atoms with Crippen molar-refractivity contribution in [1.29, 1.82) is 0 Å². The standard InChI is InChI=1S/C21H25N5O3/c27-21(17-12-20(23-14-22-17)25-5-1-2-6-25)26-9-7-24(8-10-26)13-16-3-4-18-19(11-16)29-15-28-18/h3-4,11-12,14H,1-2,5-10,13,15H2. The van der Waals surface area contributed by atoms with Crippen LogP contribution in [-0.4, -0.2) is 71.7 Å². The van der Waals surface area contributed by atoms with Gasteiger partial charge in [-0.2, -0.15) is 0 Å². The van der Waals surface area contributed by atoms with E-state index in [1.807, 2.05) is 23.1 Å². The normalized spacial score (nSPS) is 19.0. The summed E-state index contributed by atoms with van der Waals surface area (Å²) in [6, 6.07) is 7.92. The van der Waals surface area contributed by atoms with Gasteiger partial charge in [0.2, 0.25) is 6.79 Å². The third kappa shape index (κ3) is 3.85. The van der Waals surface area contributed by atoms with E-state index in [0.29, 0.717) is 25.6 Å². The number of nitrogens with zero attached hydrogens (tertiary/aromatic N) is 5. The smallest absolute Gasteiger partial charge is 0.272 e. The van der Waals surface area contributed by atoms with Crippen molar-refractivity contribution in [3.63, 3.8) is 0 Å². The number of aromatic nitrogens is 2. The van der Waals surface area contributed by atoms with Crippen molar-refractivity contribution in [2.75, 3.05) is 51.0 Å². The van der Waals surface area contributed by atoms with Crippen LogP contribution < -0.4 is 14.4 Å². The summed E-state index contributed by atoms with van der Waals surface area (Å²) in [5.74, 6) is 2.48. The van der Waals surface area contributed by atoms with Gasteiger partial charge >= 0.3 is 0 Å². The van der Waals surface area contributed by atoms with Crippen molar-refractivity contribution in [3.8, 4) is 11.5 Å². The lowest BCUT2D eigenvalue weighted by molar-refractivity contribution is 0.0622. The third-order valence-corrected chi connectivity index (χ3v) is 5.80. The second-order valence-corrected chi connectivity index (χ2v) is 7.71. The first-order valence-electron chi connectivity index (χ1n) is 10.2. The zero-order valence-corrected chi connectivity index (χ0v) is 16.4. The SMILES string of the molecule is O=C(c1cc(N2CCCC2)ncn1)N1CCN(Cc2ccc3c(c2)OCO3)CC1. The van der Waals surface area contributed by atoms with E-state index in [2.05, 4.69) is 25.8 Å². The van der Waals surface area contributed by atoms with Gasteiger partial charge in [-0.05, 0) is 30.5 Å². The van der Waals surface area contributed by atoms with Gasteiger partial charge in [-0.1, -0.05) is 6.07 Å². The molecule has 0 unspecified atom stereocenters. The average molecular weight is 395 g/mol. The summed E-state index contributed by atoms with van der Waals surface area (Å²) in [7, 11) is 0. The van der Waals surface area contributed by atoms with Crippen molar-refractivity contribution in [2.24, 2.45) is 0 Å². The third-order valence-electron chi connectivity index (χ3n) is 5.80. The molecule has 8 heteroatoms. The van der Waals surface area contributed by atoms with Crippen molar-refractivity contribution >= 4 is 11.7 Å². The van der Waals surface area contributed by atoms with E-state index in [1.165, 1.54) is 24.7 Å². The molecule has 1 aromatic carbocycles. The summed E-state index contributed by atoms with van der Waals surface area (Å²) in [6.07, 6.45) is 3.87. The number of hydrogen-bond acceptors (Lipinski definition) is 7. The van der Waals surface area contributed by atoms with Crippen LogP contribution in [-0.2, 0) is 6.54 Å². The molecule has 2 fully saturated rings. The number of benzene rings is 1. The van der Waals surface area contributed by atoms with E-state index in [0.717, 1.165) is 50.0 Å². The van der Waals surface area contributed by atoms with Crippen LogP contribution in [0.2, 0.25) is 0 Å². The van der Waals surface area contributed by atoms with Crippen molar-refractivity contribution in [1.82, 2.24) is 19.8 Å². The molecule has 0 saturated carbocycles. The Morgan fingerprint density at radius 2 is 1.72 bits per heavy atom. The van der Waals surface area contributed by atoms with Gasteiger partial charge in [-0.3, -0.25) is 9.69 Å². The Balaban J connectivity index is 1.18. The first kappa shape index (κ1) is 18.2. The number of fused-ring (bicyclic) bond motifs is 1. The Kier molecular flexibility index (Phi) is 4.93. The summed E-state index contributed by atoms with van der Waals surface area (Å²) in [4.78, 5) is 28.0. The molecule has 0 radical (unpaired) electrons. The summed E-state index contributed by atoms with van der Waals surface area (Å²) < 4.78 is 10.8. The van der Waals surface area contributed by atoms with Crippen LogP contribution in [0.4, 0.5) is 5.82 Å². The molecule has 4 heterocycles. The molecular formula is C21H25N5O3. The van der Waals surface area contributed by atoms with Gasteiger partial charge in [0, 0.05) is 51.9 Å². The first-order chi connectivity index (χ1) is 14.3. The maximum Gasteiger partial charge on any atom is 0.272 e. The highest BCUT2D eigenvalue weighted by Crippen LogP contribution is 2.32. The molecule has 0 atom stereocenters. The number of carbonyl (C=O) groups excluding carboxylic acids is 1. The molecule has 1 aromatic heterocycles. The topological polar surface area (TPSA) is 71.0 Å². The van der Waals surface area contributed by atoms with Crippen molar-refractivity contribution in [3.05, 3.63) is 41.9 Å². The molecule has 5 rings (SSSR count). The molecule has 0 aliphatic carbocycles. The van der Waals surface area contributed by atoms with Gasteiger partial charge in [0.25, 0.3) is 5.91 Å². The van der Waals surface area contributed by atoms with Crippen LogP contribution in [0.25, 0.3) is 0 Å². The van der Waals surface area contributed by atoms with Crippen molar-refractivity contribution < 1.29 is 14.3 Å². The van der Waals surface area contributed by atoms with Crippen LogP contribution in [0.5, 0.6) is 11.5 Å². The fraction of sp³-hybridized carbons (Fsp3) is 0.476. The fourth-order valence-corrected chi connectivity index (χ4v) is 4.15. The van der Waals surface area contributed by atoms with Gasteiger partial charge in [-0.15, -0.1) is 0 Å². The Labute approximate surface area is 170 Å². The number of ether oxygens (including phenoxy) is 2. The Morgan fingerprint density at radius 1 is 0.931 bits per heavy atom. The molecule has 152 valence electrons. The average Bonchev–Trinajstić information content (AvgIpc) is 3.46. The lowest BCUT2D eigenvalue weighted by atomic mass is 10.1. The van der Waals surface area contributed by atoms with Crippen LogP contribution in [0, 0.1) is 0 Å². The maximum atomic E-state index is 12.9. The largest absolute Gasteiger partial charge is 0.454 e. The second-order valence-electron chi connectivity index (χ2n) is 7.71. The van der Waals surface area contributed by atoms with E-state index in [1.54, 1.807) is 0 Å². The maximum absolute atomic E-state index is 12.9. The molecule has 0 spiro atoms. The highest BCUT2D eigenvalue weighted by molar-refractivity contribution is 5.93. The number of hydrogen-bond donors (Lipinski definition) is 0. The fourth-order valence-electron chi connectivity index (χ4n) is 4.15. The minimum absolute atomic E-state index is 0.00410. The van der Waals surface area contributed by atoms with Crippen LogP contribution in [0.15, 0.2) is 30.6 Å². The van der Waals surface area contributed by atoms with E-state index in [4.69, 9.17) is 9.47 Å². The highest BCUT2D eigenvalue weighted by atomic mass is 16.7. The number of amides is 1. The summed E-state index contributed by atoms with van der Waals surface area (Å²) in [6.45, 7) is 6.22. The number of rotatable bonds is 4. The van der Waals surface area contributed by atoms with Crippen LogP contribution >= 0.6 is 0 Å². The number of anilines is 1. The molecule has 3 aliphatic heterocycles. The molecule has 0 bridgehead atoms. The van der Waals surface area contributed by atoms with E-state index >= 15 is 0 Å². The monoisotopic (exact) mass is 395 g/mol. The zero-order valence-electron chi connectivity index (χ0n) is 16.4. The minimum Gasteiger partial charge on any atom is -0.454 e. The zero-order chi connectivity index (χ0) is 19.6. The number of piperazine rings is 1. The molecule has 3 aliphatic rings. The Hall–Kier alpha value is -2.87. The second kappa shape index (κ2) is 7.87. The summed E-state index contributed by atoms with van der Waals surface area (Å²) in [5.41, 5.74) is 1.69. The first-order valence-corrected chi connectivity index (χ1v) is 10.2. The Bertz CT molecular complexity index is 892. The predicted molar refractivity (Wildman–Crippen MR) is 107 cm³/mol. The lowest BCUT2D eigenvalue weighted by Crippen LogP contribution is -2.48. The molecule has 8 nitrogen and oxygen atoms in total. The summed E-state index contributed by atoms with van der Waals surface area (Å²) >= 11 is 0. The van der Waals surface area contributed by atoms with Crippen LogP contribution in [0.3, 0.4) is 0 Å². The van der Waals surface area contributed by atoms with Crippen LogP contribution in [0.1, 0.15) is 28.9 Å². The number of carbonyl (C=O) groups is 1. The molecular weight excluding hydrogens is 370 g/mol. The highest BCUT2D eigenvalue weighted by Gasteiger charge is 2.25. The molecule has 29 heavy (non-hydrogen) atoms. The van der Waals surface area contributed by atoms with E-state index in [-0.39, 0.29) is 5.91 Å². The summed E-state index contributed by atoms with van der Waals surface area (Å²) in [5, 5.41) is 0. The lowest BCUT2D eigenvalue weighted by Gasteiger charge is -2.34. The molecule has 1 amide bonds. The van der Waals surface area contributed by atoms with Gasteiger partial charge in [0.05, 0.1) is 0 Å². The van der Waals surface area contributed by atoms with E-state index < -0.39 is 0 Å². The van der Waals surface area contributed by atoms with Gasteiger partial charge in [0.1, 0.15) is 17.8 Å². The molecule has 2 saturated heterocycles. The van der Waals surface area contributed by atoms with Crippen molar-refractivity contribution in [2.45, 2.75) is 19.4 Å². The molecule has 0 N–H and O–H groups in total. The van der Waals surface area contributed by atoms with Gasteiger partial charge in [-0.25, -0.2) is 9.97 Å². The molecule has 2 aromatic rings. The van der Waals surface area contributed by atoms with Gasteiger partial charge in [0.15, 0.2) is 11.5 Å². The van der Waals surface area contributed by atoms with Gasteiger partial charge < -0.3 is 19.3 Å². The minimum atomic E-state index is -0.00410. The predicted octanol–water partition coefficient (Wildman–Crippen LogP) is 1.76.